The Hall–Kier alpha value is -3.12. The van der Waals surface area contributed by atoms with E-state index in [1.54, 1.807) is 24.3 Å². The summed E-state index contributed by atoms with van der Waals surface area (Å²) < 4.78 is 30.9. The Morgan fingerprint density at radius 3 is 2.07 bits per heavy atom. The highest BCUT2D eigenvalue weighted by molar-refractivity contribution is 7.91. The van der Waals surface area contributed by atoms with Crippen molar-refractivity contribution in [3.05, 3.63) is 90.0 Å². The molecule has 0 atom stereocenters. The van der Waals surface area contributed by atoms with Crippen LogP contribution in [0.1, 0.15) is 35.7 Å². The first-order valence-electron chi connectivity index (χ1n) is 9.91. The fourth-order valence-electron chi connectivity index (χ4n) is 2.85. The lowest BCUT2D eigenvalue weighted by Crippen LogP contribution is -2.07. The van der Waals surface area contributed by atoms with Crippen molar-refractivity contribution in [2.45, 2.75) is 36.1 Å². The van der Waals surface area contributed by atoms with E-state index >= 15 is 0 Å². The van der Waals surface area contributed by atoms with E-state index in [2.05, 4.69) is 5.32 Å². The molecule has 0 aliphatic rings. The number of sulfone groups is 1. The Morgan fingerprint density at radius 1 is 0.867 bits per heavy atom. The monoisotopic (exact) mass is 423 g/mol. The van der Waals surface area contributed by atoms with Crippen molar-refractivity contribution in [2.24, 2.45) is 0 Å². The van der Waals surface area contributed by atoms with Gasteiger partial charge in [-0.1, -0.05) is 43.7 Å². The summed E-state index contributed by atoms with van der Waals surface area (Å²) in [5.41, 5.74) is 2.32. The van der Waals surface area contributed by atoms with Gasteiger partial charge in [0.2, 0.25) is 9.84 Å². The first-order chi connectivity index (χ1) is 14.5. The van der Waals surface area contributed by atoms with Crippen LogP contribution >= 0.6 is 0 Å². The van der Waals surface area contributed by atoms with E-state index in [9.17, 15) is 13.2 Å². The summed E-state index contributed by atoms with van der Waals surface area (Å²) in [4.78, 5) is 12.3. The maximum atomic E-state index is 12.9. The van der Waals surface area contributed by atoms with E-state index in [4.69, 9.17) is 4.74 Å². The van der Waals surface area contributed by atoms with Gasteiger partial charge in [0.25, 0.3) is 0 Å². The molecule has 0 bridgehead atoms. The van der Waals surface area contributed by atoms with E-state index < -0.39 is 15.8 Å². The number of hydrogen-bond donors (Lipinski definition) is 1. The second-order valence-corrected chi connectivity index (χ2v) is 8.83. The van der Waals surface area contributed by atoms with E-state index in [1.165, 1.54) is 24.3 Å². The number of anilines is 1. The van der Waals surface area contributed by atoms with E-state index in [-0.39, 0.29) is 9.79 Å². The van der Waals surface area contributed by atoms with Crippen molar-refractivity contribution in [3.63, 3.8) is 0 Å². The molecule has 0 amide bonds. The molecular formula is C24H25NO4S. The maximum Gasteiger partial charge on any atom is 0.338 e. The van der Waals surface area contributed by atoms with Gasteiger partial charge in [0, 0.05) is 12.2 Å². The molecule has 156 valence electrons. The lowest BCUT2D eigenvalue weighted by Gasteiger charge is -2.09. The van der Waals surface area contributed by atoms with Crippen LogP contribution in [0.4, 0.5) is 5.69 Å². The van der Waals surface area contributed by atoms with Crippen LogP contribution in [-0.4, -0.2) is 21.0 Å². The molecule has 0 heterocycles. The summed E-state index contributed by atoms with van der Waals surface area (Å²) in [6.07, 6.45) is 1.74. The molecule has 3 aromatic rings. The Kier molecular flexibility index (Phi) is 7.25. The van der Waals surface area contributed by atoms with Crippen molar-refractivity contribution in [1.29, 1.82) is 0 Å². The lowest BCUT2D eigenvalue weighted by molar-refractivity contribution is 0.0499. The zero-order valence-corrected chi connectivity index (χ0v) is 17.7. The molecule has 6 heteroatoms. The zero-order valence-electron chi connectivity index (χ0n) is 16.9. The van der Waals surface area contributed by atoms with Gasteiger partial charge in [-0.15, -0.1) is 0 Å². The van der Waals surface area contributed by atoms with Crippen LogP contribution in [0.25, 0.3) is 0 Å². The first-order valence-corrected chi connectivity index (χ1v) is 11.4. The third-order valence-electron chi connectivity index (χ3n) is 4.64. The van der Waals surface area contributed by atoms with Gasteiger partial charge < -0.3 is 10.1 Å². The molecule has 0 spiro atoms. The SMILES string of the molecule is CCCCOC(=O)c1ccc(S(=O)(=O)c2ccc(NCc3ccccc3)cc2)cc1. The minimum Gasteiger partial charge on any atom is -0.462 e. The highest BCUT2D eigenvalue weighted by atomic mass is 32.2. The normalized spacial score (nSPS) is 11.1. The molecule has 30 heavy (non-hydrogen) atoms. The minimum absolute atomic E-state index is 0.137. The second kappa shape index (κ2) is 10.1. The van der Waals surface area contributed by atoms with Crippen molar-refractivity contribution in [2.75, 3.05) is 11.9 Å². The predicted octanol–water partition coefficient (Wildman–Crippen LogP) is 5.09. The fraction of sp³-hybridized carbons (Fsp3) is 0.208. The molecule has 0 fully saturated rings. The van der Waals surface area contributed by atoms with Gasteiger partial charge in [-0.3, -0.25) is 0 Å². The van der Waals surface area contributed by atoms with Gasteiger partial charge in [-0.05, 0) is 60.5 Å². The number of carbonyl (C=O) groups is 1. The number of ether oxygens (including phenoxy) is 1. The molecule has 0 unspecified atom stereocenters. The van der Waals surface area contributed by atoms with Gasteiger partial charge >= 0.3 is 5.97 Å². The number of benzene rings is 3. The van der Waals surface area contributed by atoms with Crippen LogP contribution in [0.5, 0.6) is 0 Å². The highest BCUT2D eigenvalue weighted by Crippen LogP contribution is 2.23. The average Bonchev–Trinajstić information content (AvgIpc) is 2.79. The Labute approximate surface area is 177 Å². The van der Waals surface area contributed by atoms with Gasteiger partial charge in [0.15, 0.2) is 0 Å². The van der Waals surface area contributed by atoms with Gasteiger partial charge in [-0.2, -0.15) is 0 Å². The highest BCUT2D eigenvalue weighted by Gasteiger charge is 2.18. The van der Waals surface area contributed by atoms with E-state index in [0.717, 1.165) is 24.1 Å². The lowest BCUT2D eigenvalue weighted by atomic mass is 10.2. The number of esters is 1. The van der Waals surface area contributed by atoms with Crippen LogP contribution in [0.3, 0.4) is 0 Å². The Morgan fingerprint density at radius 2 is 1.47 bits per heavy atom. The number of carbonyl (C=O) groups excluding carboxylic acids is 1. The number of nitrogens with one attached hydrogen (secondary N) is 1. The summed E-state index contributed by atoms with van der Waals surface area (Å²) in [6, 6.07) is 22.4. The summed E-state index contributed by atoms with van der Waals surface area (Å²) in [5, 5.41) is 3.27. The molecular weight excluding hydrogens is 398 g/mol. The smallest absolute Gasteiger partial charge is 0.338 e. The summed E-state index contributed by atoms with van der Waals surface area (Å²) in [7, 11) is -3.67. The van der Waals surface area contributed by atoms with Crippen LogP contribution in [0, 0.1) is 0 Å². The third kappa shape index (κ3) is 5.48. The fourth-order valence-corrected chi connectivity index (χ4v) is 4.11. The molecule has 3 rings (SSSR count). The van der Waals surface area contributed by atoms with E-state index in [0.29, 0.717) is 18.7 Å². The van der Waals surface area contributed by atoms with E-state index in [1.807, 2.05) is 37.3 Å². The largest absolute Gasteiger partial charge is 0.462 e. The standard InChI is InChI=1S/C24H25NO4S/c1-2-3-17-29-24(26)20-9-13-22(14-10-20)30(27,28)23-15-11-21(12-16-23)25-18-19-7-5-4-6-8-19/h4-16,25H,2-3,17-18H2,1H3. The van der Waals surface area contributed by atoms with Gasteiger partial charge in [-0.25, -0.2) is 13.2 Å². The molecule has 1 N–H and O–H groups in total. The summed E-state index contributed by atoms with van der Waals surface area (Å²) in [5.74, 6) is -0.443. The molecule has 0 radical (unpaired) electrons. The third-order valence-corrected chi connectivity index (χ3v) is 6.42. The van der Waals surface area contributed by atoms with Crippen LogP contribution in [-0.2, 0) is 21.1 Å². The Balaban J connectivity index is 1.66. The predicted molar refractivity (Wildman–Crippen MR) is 117 cm³/mol. The number of hydrogen-bond acceptors (Lipinski definition) is 5. The number of unbranched alkanes of at least 4 members (excludes halogenated alkanes) is 1. The summed E-state index contributed by atoms with van der Waals surface area (Å²) in [6.45, 7) is 3.03. The van der Waals surface area contributed by atoms with Crippen molar-refractivity contribution >= 4 is 21.5 Å². The molecule has 5 nitrogen and oxygen atoms in total. The molecule has 0 aromatic heterocycles. The number of rotatable bonds is 9. The zero-order chi connectivity index (χ0) is 21.4. The molecule has 0 aliphatic carbocycles. The van der Waals surface area contributed by atoms with Crippen molar-refractivity contribution < 1.29 is 17.9 Å². The maximum absolute atomic E-state index is 12.9. The molecule has 3 aromatic carbocycles. The molecule has 0 aliphatic heterocycles. The molecule has 0 saturated carbocycles. The quantitative estimate of drug-likeness (QED) is 0.383. The first kappa shape index (κ1) is 21.6. The van der Waals surface area contributed by atoms with Crippen molar-refractivity contribution in [1.82, 2.24) is 0 Å². The molecule has 0 saturated heterocycles. The van der Waals surface area contributed by atoms with Gasteiger partial charge in [0.05, 0.1) is 22.0 Å². The summed E-state index contributed by atoms with van der Waals surface area (Å²) >= 11 is 0. The average molecular weight is 424 g/mol. The second-order valence-electron chi connectivity index (χ2n) is 6.88. The van der Waals surface area contributed by atoms with Crippen molar-refractivity contribution in [3.8, 4) is 0 Å². The Bertz CT molecular complexity index is 1060. The van der Waals surface area contributed by atoms with Crippen LogP contribution in [0.15, 0.2) is 88.7 Å². The van der Waals surface area contributed by atoms with Crippen LogP contribution in [0.2, 0.25) is 0 Å². The van der Waals surface area contributed by atoms with Gasteiger partial charge in [0.1, 0.15) is 0 Å². The topological polar surface area (TPSA) is 72.5 Å². The van der Waals surface area contributed by atoms with Crippen LogP contribution < -0.4 is 5.32 Å². The minimum atomic E-state index is -3.67.